The number of fused-ring (bicyclic) bond motifs is 4. The lowest BCUT2D eigenvalue weighted by atomic mass is 9.88. The molecule has 0 bridgehead atoms. The summed E-state index contributed by atoms with van der Waals surface area (Å²) in [6.07, 6.45) is 4.01. The van der Waals surface area contributed by atoms with E-state index in [-0.39, 0.29) is 0 Å². The van der Waals surface area contributed by atoms with E-state index in [1.807, 2.05) is 30.5 Å². The van der Waals surface area contributed by atoms with E-state index in [4.69, 9.17) is 10.1 Å². The maximum atomic E-state index is 4.76. The van der Waals surface area contributed by atoms with Gasteiger partial charge < -0.3 is 4.90 Å². The van der Waals surface area contributed by atoms with Gasteiger partial charge in [0.15, 0.2) is 0 Å². The molecule has 0 radical (unpaired) electrons. The Labute approximate surface area is 218 Å². The number of pyridine rings is 1. The SMILES string of the molecule is Cc1cc(C)n(-c2csc3sc(N(c4ccccc4)c4ccc5c(c4)-c4ncccc4CC5)cc23)n1. The van der Waals surface area contributed by atoms with Crippen molar-refractivity contribution < 1.29 is 0 Å². The number of aryl methyl sites for hydroxylation is 4. The molecule has 4 aromatic heterocycles. The molecule has 176 valence electrons. The van der Waals surface area contributed by atoms with E-state index in [1.165, 1.54) is 31.1 Å². The third kappa shape index (κ3) is 3.48. The summed E-state index contributed by atoms with van der Waals surface area (Å²) in [4.78, 5) is 7.14. The Hall–Kier alpha value is -3.74. The molecule has 0 unspecified atom stereocenters. The van der Waals surface area contributed by atoms with Crippen LogP contribution in [-0.4, -0.2) is 14.8 Å². The minimum Gasteiger partial charge on any atom is -0.302 e. The van der Waals surface area contributed by atoms with E-state index < -0.39 is 0 Å². The number of anilines is 3. The normalized spacial score (nSPS) is 12.5. The van der Waals surface area contributed by atoms with Crippen LogP contribution in [0.3, 0.4) is 0 Å². The quantitative estimate of drug-likeness (QED) is 0.242. The van der Waals surface area contributed by atoms with Crippen molar-refractivity contribution in [2.24, 2.45) is 0 Å². The fourth-order valence-electron chi connectivity index (χ4n) is 5.22. The summed E-state index contributed by atoms with van der Waals surface area (Å²) in [6, 6.07) is 26.2. The molecule has 4 nitrogen and oxygen atoms in total. The van der Waals surface area contributed by atoms with Gasteiger partial charge in [-0.2, -0.15) is 5.10 Å². The fraction of sp³-hybridized carbons (Fsp3) is 0.133. The number of para-hydroxylation sites is 1. The number of aromatic nitrogens is 3. The van der Waals surface area contributed by atoms with Gasteiger partial charge in [-0.1, -0.05) is 30.3 Å². The molecule has 36 heavy (non-hydrogen) atoms. The molecular formula is C30H24N4S2. The van der Waals surface area contributed by atoms with E-state index in [0.29, 0.717) is 0 Å². The second-order valence-electron chi connectivity index (χ2n) is 9.27. The van der Waals surface area contributed by atoms with Gasteiger partial charge in [-0.3, -0.25) is 4.98 Å². The van der Waals surface area contributed by atoms with Crippen molar-refractivity contribution in [3.8, 4) is 16.9 Å². The molecule has 0 saturated heterocycles. The lowest BCUT2D eigenvalue weighted by molar-refractivity contribution is 0.842. The molecule has 2 aromatic carbocycles. The molecule has 0 fully saturated rings. The Morgan fingerprint density at radius 2 is 1.72 bits per heavy atom. The Bertz CT molecular complexity index is 1720. The predicted octanol–water partition coefficient (Wildman–Crippen LogP) is 8.40. The smallest absolute Gasteiger partial charge is 0.102 e. The van der Waals surface area contributed by atoms with Crippen LogP contribution in [0.25, 0.3) is 26.3 Å². The second kappa shape index (κ2) is 8.43. The summed E-state index contributed by atoms with van der Waals surface area (Å²) >= 11 is 3.62. The van der Waals surface area contributed by atoms with Gasteiger partial charge in [0, 0.05) is 39.6 Å². The van der Waals surface area contributed by atoms with Crippen LogP contribution in [0, 0.1) is 13.8 Å². The lowest BCUT2D eigenvalue weighted by Gasteiger charge is -2.26. The molecule has 1 aliphatic rings. The molecule has 4 heterocycles. The van der Waals surface area contributed by atoms with Crippen molar-refractivity contribution in [1.29, 1.82) is 0 Å². The maximum absolute atomic E-state index is 4.76. The van der Waals surface area contributed by atoms with Gasteiger partial charge in [0.1, 0.15) is 5.00 Å². The average Bonchev–Trinajstić information content (AvgIpc) is 3.58. The molecule has 0 aliphatic heterocycles. The van der Waals surface area contributed by atoms with E-state index in [1.54, 1.807) is 11.3 Å². The van der Waals surface area contributed by atoms with E-state index >= 15 is 0 Å². The number of thiophene rings is 2. The molecule has 6 aromatic rings. The largest absolute Gasteiger partial charge is 0.302 e. The van der Waals surface area contributed by atoms with Crippen molar-refractivity contribution >= 4 is 48.4 Å². The number of hydrogen-bond acceptors (Lipinski definition) is 5. The highest BCUT2D eigenvalue weighted by Gasteiger charge is 2.22. The van der Waals surface area contributed by atoms with Gasteiger partial charge in [-0.05, 0) is 80.3 Å². The van der Waals surface area contributed by atoms with Crippen LogP contribution < -0.4 is 4.90 Å². The van der Waals surface area contributed by atoms with Gasteiger partial charge in [-0.25, -0.2) is 4.68 Å². The second-order valence-corrected chi connectivity index (χ2v) is 11.4. The minimum absolute atomic E-state index is 1.04. The van der Waals surface area contributed by atoms with Crippen LogP contribution in [0.4, 0.5) is 16.4 Å². The zero-order valence-electron chi connectivity index (χ0n) is 20.1. The van der Waals surface area contributed by atoms with Gasteiger partial charge in [0.2, 0.25) is 0 Å². The van der Waals surface area contributed by atoms with Crippen LogP contribution in [0.5, 0.6) is 0 Å². The molecule has 0 N–H and O–H groups in total. The monoisotopic (exact) mass is 504 g/mol. The molecule has 0 saturated carbocycles. The highest BCUT2D eigenvalue weighted by atomic mass is 32.2. The van der Waals surface area contributed by atoms with Crippen LogP contribution in [0.2, 0.25) is 0 Å². The summed E-state index contributed by atoms with van der Waals surface area (Å²) in [5.74, 6) is 0. The predicted molar refractivity (Wildman–Crippen MR) is 152 cm³/mol. The molecule has 6 heteroatoms. The van der Waals surface area contributed by atoms with E-state index in [0.717, 1.165) is 47.0 Å². The van der Waals surface area contributed by atoms with Crippen molar-refractivity contribution in [2.45, 2.75) is 26.7 Å². The number of hydrogen-bond donors (Lipinski definition) is 0. The Morgan fingerprint density at radius 3 is 2.56 bits per heavy atom. The average molecular weight is 505 g/mol. The molecule has 1 aliphatic carbocycles. The maximum Gasteiger partial charge on any atom is 0.102 e. The topological polar surface area (TPSA) is 34.0 Å². The first-order valence-corrected chi connectivity index (χ1v) is 13.8. The highest BCUT2D eigenvalue weighted by Crippen LogP contribution is 2.46. The number of nitrogens with zero attached hydrogens (tertiary/aromatic N) is 4. The van der Waals surface area contributed by atoms with Gasteiger partial charge >= 0.3 is 0 Å². The number of benzene rings is 2. The van der Waals surface area contributed by atoms with Crippen LogP contribution >= 0.6 is 22.7 Å². The van der Waals surface area contributed by atoms with Crippen LogP contribution in [0.1, 0.15) is 22.5 Å². The summed E-state index contributed by atoms with van der Waals surface area (Å²) in [7, 11) is 0. The first-order chi connectivity index (χ1) is 17.7. The summed E-state index contributed by atoms with van der Waals surface area (Å²) in [5, 5.41) is 9.42. The first-order valence-electron chi connectivity index (χ1n) is 12.1. The Morgan fingerprint density at radius 1 is 0.861 bits per heavy atom. The lowest BCUT2D eigenvalue weighted by Crippen LogP contribution is -2.11. The standard InChI is InChI=1S/C30H24N4S2/c1-19-15-20(2)34(32-19)27-18-35-30-26(27)17-28(36-30)33(23-8-4-3-5-9-23)24-13-12-21-10-11-22-7-6-14-31-29(22)25(21)16-24/h3-9,12-18H,10-11H2,1-2H3. The van der Waals surface area contributed by atoms with Gasteiger partial charge in [0.25, 0.3) is 0 Å². The third-order valence-corrected chi connectivity index (χ3v) is 9.10. The molecule has 7 rings (SSSR count). The van der Waals surface area contributed by atoms with Crippen molar-refractivity contribution in [3.05, 3.63) is 107 Å². The zero-order valence-corrected chi connectivity index (χ0v) is 21.7. The summed E-state index contributed by atoms with van der Waals surface area (Å²) < 4.78 is 3.37. The first kappa shape index (κ1) is 21.5. The van der Waals surface area contributed by atoms with Crippen molar-refractivity contribution in [1.82, 2.24) is 14.8 Å². The summed E-state index contributed by atoms with van der Waals surface area (Å²) in [6.45, 7) is 4.17. The zero-order chi connectivity index (χ0) is 24.2. The molecule has 0 amide bonds. The van der Waals surface area contributed by atoms with Crippen LogP contribution in [-0.2, 0) is 12.8 Å². The van der Waals surface area contributed by atoms with Gasteiger partial charge in [-0.15, -0.1) is 22.7 Å². The highest BCUT2D eigenvalue weighted by molar-refractivity contribution is 7.39. The van der Waals surface area contributed by atoms with Crippen molar-refractivity contribution in [3.63, 3.8) is 0 Å². The summed E-state index contributed by atoms with van der Waals surface area (Å²) in [5.41, 5.74) is 10.7. The number of rotatable bonds is 4. The molecular weight excluding hydrogens is 480 g/mol. The Kier molecular flexibility index (Phi) is 5.04. The van der Waals surface area contributed by atoms with Crippen molar-refractivity contribution in [2.75, 3.05) is 4.90 Å². The van der Waals surface area contributed by atoms with Gasteiger partial charge in [0.05, 0.1) is 21.1 Å². The molecule has 0 spiro atoms. The minimum atomic E-state index is 1.04. The fourth-order valence-corrected chi connectivity index (χ4v) is 7.49. The Balaban J connectivity index is 1.40. The van der Waals surface area contributed by atoms with Crippen LogP contribution in [0.15, 0.2) is 84.4 Å². The third-order valence-electron chi connectivity index (χ3n) is 6.87. The van der Waals surface area contributed by atoms with E-state index in [9.17, 15) is 0 Å². The van der Waals surface area contributed by atoms with E-state index in [2.05, 4.69) is 88.6 Å². The molecule has 0 atom stereocenters.